The second-order valence-corrected chi connectivity index (χ2v) is 24.3. The fourth-order valence-electron chi connectivity index (χ4n) is 5.09. The van der Waals surface area contributed by atoms with Crippen LogP contribution in [0, 0.1) is 0 Å². The minimum atomic E-state index is -2.31. The molecule has 2 aliphatic rings. The van der Waals surface area contributed by atoms with Gasteiger partial charge in [0, 0.05) is 13.3 Å². The van der Waals surface area contributed by atoms with E-state index in [0.29, 0.717) is 15.9 Å². The maximum atomic E-state index is 12.5. The molecule has 0 aliphatic carbocycles. The first-order valence-corrected chi connectivity index (χ1v) is 20.2. The maximum absolute atomic E-state index is 12.5. The zero-order chi connectivity index (χ0) is 29.7. The summed E-state index contributed by atoms with van der Waals surface area (Å²) in [5.41, 5.74) is -0.0156. The van der Waals surface area contributed by atoms with Gasteiger partial charge in [0.05, 0.1) is 26.7 Å². The Bertz CT molecular complexity index is 1060. The Kier molecular flexibility index (Phi) is 9.23. The molecule has 2 aliphatic heterocycles. The lowest BCUT2D eigenvalue weighted by atomic mass is 9.97. The lowest BCUT2D eigenvalue weighted by Crippen LogP contribution is -2.54. The van der Waals surface area contributed by atoms with Crippen molar-refractivity contribution < 1.29 is 23.4 Å². The van der Waals surface area contributed by atoms with Crippen LogP contribution in [0.5, 0.6) is 0 Å². The van der Waals surface area contributed by atoms with Crippen molar-refractivity contribution in [2.45, 2.75) is 121 Å². The van der Waals surface area contributed by atoms with Gasteiger partial charge in [-0.05, 0) is 55.5 Å². The van der Waals surface area contributed by atoms with Crippen molar-refractivity contribution in [3.05, 3.63) is 22.2 Å². The number of piperidine rings is 1. The van der Waals surface area contributed by atoms with Gasteiger partial charge in [0.15, 0.2) is 16.6 Å². The lowest BCUT2D eigenvalue weighted by molar-refractivity contribution is -0.244. The van der Waals surface area contributed by atoms with E-state index in [1.807, 2.05) is 0 Å². The molecule has 2 N–H and O–H groups in total. The van der Waals surface area contributed by atoms with Crippen molar-refractivity contribution >= 4 is 22.5 Å². The molecule has 39 heavy (non-hydrogen) atoms. The SMILES string of the molecule is CO[C@@H]1[C@H](O[Si](C)(C)C(C)(C)C)[C@@H](CO[Si](C)(C)C(C)(C)C)OC1(O)c1cnc(=O)[nH]c1[N+]1(C)CCCCC1. The summed E-state index contributed by atoms with van der Waals surface area (Å²) in [5, 5.41) is 12.4. The lowest BCUT2D eigenvalue weighted by Gasteiger charge is -2.42. The molecule has 1 unspecified atom stereocenters. The van der Waals surface area contributed by atoms with Crippen LogP contribution in [0.3, 0.4) is 0 Å². The molecule has 224 valence electrons. The van der Waals surface area contributed by atoms with Gasteiger partial charge in [-0.25, -0.2) is 9.78 Å². The van der Waals surface area contributed by atoms with E-state index in [2.05, 4.69) is 84.7 Å². The van der Waals surface area contributed by atoms with E-state index in [-0.39, 0.29) is 16.7 Å². The largest absolute Gasteiger partial charge is 0.414 e. The van der Waals surface area contributed by atoms with Crippen LogP contribution in [-0.4, -0.2) is 83.9 Å². The summed E-state index contributed by atoms with van der Waals surface area (Å²) in [7, 11) is -0.759. The smallest absolute Gasteiger partial charge is 0.349 e. The predicted octanol–water partition coefficient (Wildman–Crippen LogP) is 4.86. The third kappa shape index (κ3) is 6.45. The van der Waals surface area contributed by atoms with E-state index < -0.39 is 46.4 Å². The molecule has 1 aromatic heterocycles. The molecule has 3 heterocycles. The maximum Gasteiger partial charge on any atom is 0.349 e. The predicted molar refractivity (Wildman–Crippen MR) is 161 cm³/mol. The number of aromatic amines is 1. The number of hydrogen-bond acceptors (Lipinski definition) is 7. The number of hydrogen-bond donors (Lipinski definition) is 2. The number of rotatable bonds is 8. The van der Waals surface area contributed by atoms with Crippen LogP contribution < -0.4 is 10.2 Å². The number of methoxy groups -OCH3 is 1. The molecule has 4 atom stereocenters. The minimum Gasteiger partial charge on any atom is -0.414 e. The van der Waals surface area contributed by atoms with Crippen LogP contribution in [0.1, 0.15) is 66.4 Å². The third-order valence-corrected chi connectivity index (χ3v) is 18.8. The summed E-state index contributed by atoms with van der Waals surface area (Å²) >= 11 is 0. The van der Waals surface area contributed by atoms with Crippen LogP contribution in [0.25, 0.3) is 0 Å². The average molecular weight is 585 g/mol. The van der Waals surface area contributed by atoms with E-state index in [4.69, 9.17) is 18.3 Å². The summed E-state index contributed by atoms with van der Waals surface area (Å²) in [4.78, 5) is 19.5. The Morgan fingerprint density at radius 2 is 1.64 bits per heavy atom. The first-order valence-electron chi connectivity index (χ1n) is 14.4. The molecular formula is C28H54N3O6Si2+. The summed E-state index contributed by atoms with van der Waals surface area (Å²) in [5.74, 6) is -1.26. The van der Waals surface area contributed by atoms with Crippen molar-refractivity contribution in [2.24, 2.45) is 0 Å². The fraction of sp³-hybridized carbons (Fsp3) is 0.857. The van der Waals surface area contributed by atoms with Gasteiger partial charge in [-0.1, -0.05) is 41.5 Å². The van der Waals surface area contributed by atoms with Crippen LogP contribution in [0.2, 0.25) is 36.3 Å². The highest BCUT2D eigenvalue weighted by Crippen LogP contribution is 2.48. The Labute approximate surface area is 237 Å². The van der Waals surface area contributed by atoms with E-state index in [1.54, 1.807) is 7.11 Å². The standard InChI is InChI=1S/C28H53N3O6Si2/c1-26(2,3)38(9,10)35-19-21-22(37-39(11,12)27(4,5)6)23(34-8)28(33,36-21)20-18-29-25(32)30-24(20)31(7)16-14-13-15-17-31/h18,21-23,33H,13-17,19H2,1-12H3/p+1/t21-,22-,23-,28?/m1/s1. The normalized spacial score (nSPS) is 28.6. The van der Waals surface area contributed by atoms with Crippen molar-refractivity contribution in [1.29, 1.82) is 0 Å². The van der Waals surface area contributed by atoms with Crippen LogP contribution in [-0.2, 0) is 24.1 Å². The Hall–Kier alpha value is -0.926. The number of nitrogens with zero attached hydrogens (tertiary/aromatic N) is 2. The van der Waals surface area contributed by atoms with E-state index >= 15 is 0 Å². The average Bonchev–Trinajstić information content (AvgIpc) is 3.07. The number of quaternary nitrogens is 1. The summed E-state index contributed by atoms with van der Waals surface area (Å²) in [6, 6.07) is 0. The van der Waals surface area contributed by atoms with E-state index in [9.17, 15) is 9.90 Å². The molecule has 3 rings (SSSR count). The van der Waals surface area contributed by atoms with E-state index in [0.717, 1.165) is 32.4 Å². The molecule has 0 radical (unpaired) electrons. The molecule has 9 nitrogen and oxygen atoms in total. The Morgan fingerprint density at radius 3 is 2.15 bits per heavy atom. The number of aromatic nitrogens is 2. The second-order valence-electron chi connectivity index (χ2n) is 14.8. The molecule has 0 saturated carbocycles. The van der Waals surface area contributed by atoms with Crippen molar-refractivity contribution in [3.63, 3.8) is 0 Å². The van der Waals surface area contributed by atoms with Gasteiger partial charge in [0.1, 0.15) is 23.9 Å². The molecular weight excluding hydrogens is 530 g/mol. The molecule has 0 amide bonds. The van der Waals surface area contributed by atoms with Crippen LogP contribution >= 0.6 is 0 Å². The molecule has 2 fully saturated rings. The van der Waals surface area contributed by atoms with Gasteiger partial charge in [-0.2, -0.15) is 0 Å². The Morgan fingerprint density at radius 1 is 1.08 bits per heavy atom. The number of aliphatic hydroxyl groups is 1. The highest BCUT2D eigenvalue weighted by molar-refractivity contribution is 6.74. The molecule has 2 saturated heterocycles. The molecule has 11 heteroatoms. The summed E-state index contributed by atoms with van der Waals surface area (Å²) in [6.07, 6.45) is 2.68. The fourth-order valence-corrected chi connectivity index (χ4v) is 7.41. The highest BCUT2D eigenvalue weighted by Gasteiger charge is 2.61. The minimum absolute atomic E-state index is 0.0153. The van der Waals surface area contributed by atoms with Gasteiger partial charge < -0.3 is 23.4 Å². The van der Waals surface area contributed by atoms with Crippen molar-refractivity contribution in [2.75, 3.05) is 33.9 Å². The molecule has 1 aromatic rings. The van der Waals surface area contributed by atoms with Gasteiger partial charge >= 0.3 is 5.69 Å². The van der Waals surface area contributed by atoms with Gasteiger partial charge in [0.2, 0.25) is 11.6 Å². The number of likely N-dealkylation sites (tertiary alicyclic amines) is 1. The quantitative estimate of drug-likeness (QED) is 0.332. The number of nitrogens with one attached hydrogen (secondary N) is 1. The van der Waals surface area contributed by atoms with Crippen molar-refractivity contribution in [3.8, 4) is 0 Å². The first-order chi connectivity index (χ1) is 17.7. The molecule has 0 bridgehead atoms. The van der Waals surface area contributed by atoms with Gasteiger partial charge in [0.25, 0.3) is 0 Å². The third-order valence-electron chi connectivity index (χ3n) is 9.81. The zero-order valence-electron chi connectivity index (χ0n) is 26.4. The zero-order valence-corrected chi connectivity index (χ0v) is 28.4. The summed E-state index contributed by atoms with van der Waals surface area (Å²) < 4.78 is 26.7. The van der Waals surface area contributed by atoms with Crippen LogP contribution in [0.4, 0.5) is 5.82 Å². The van der Waals surface area contributed by atoms with Crippen molar-refractivity contribution in [1.82, 2.24) is 14.5 Å². The molecule has 0 spiro atoms. The molecule has 0 aromatic carbocycles. The first kappa shape index (κ1) is 32.6. The summed E-state index contributed by atoms with van der Waals surface area (Å²) in [6.45, 7) is 23.9. The van der Waals surface area contributed by atoms with Gasteiger partial charge in [-0.3, -0.25) is 9.47 Å². The topological polar surface area (TPSA) is 103 Å². The highest BCUT2D eigenvalue weighted by atomic mass is 28.4. The Balaban J connectivity index is 2.11. The van der Waals surface area contributed by atoms with E-state index in [1.165, 1.54) is 6.20 Å². The second kappa shape index (κ2) is 11.1. The van der Waals surface area contributed by atoms with Crippen LogP contribution in [0.15, 0.2) is 11.0 Å². The number of H-pyrrole nitrogens is 1. The monoisotopic (exact) mass is 584 g/mol. The number of ether oxygens (including phenoxy) is 2. The van der Waals surface area contributed by atoms with Gasteiger partial charge in [-0.15, -0.1) is 0 Å².